The van der Waals surface area contributed by atoms with Gasteiger partial charge in [0.15, 0.2) is 0 Å². The van der Waals surface area contributed by atoms with Gasteiger partial charge in [-0.25, -0.2) is 0 Å². The lowest BCUT2D eigenvalue weighted by Gasteiger charge is -2.13. The monoisotopic (exact) mass is 449 g/mol. The van der Waals surface area contributed by atoms with E-state index in [0.29, 0.717) is 0 Å². The van der Waals surface area contributed by atoms with Crippen LogP contribution in [0.5, 0.6) is 0 Å². The molecule has 1 aliphatic rings. The first kappa shape index (κ1) is 21.8. The summed E-state index contributed by atoms with van der Waals surface area (Å²) >= 11 is 0.832. The van der Waals surface area contributed by atoms with E-state index in [-0.39, 0.29) is 17.6 Å². The Morgan fingerprint density at radius 3 is 2.72 bits per heavy atom. The van der Waals surface area contributed by atoms with Gasteiger partial charge in [-0.15, -0.1) is 0 Å². The molecule has 1 saturated heterocycles. The zero-order valence-electron chi connectivity index (χ0n) is 18.3. The second-order valence-electron chi connectivity index (χ2n) is 7.85. The lowest BCUT2D eigenvalue weighted by Crippen LogP contribution is -2.35. The predicted molar refractivity (Wildman–Crippen MR) is 124 cm³/mol. The Morgan fingerprint density at radius 1 is 1.19 bits per heavy atom. The fraction of sp³-hybridized carbons (Fsp3) is 0.250. The highest BCUT2D eigenvalue weighted by atomic mass is 32.2. The van der Waals surface area contributed by atoms with Crippen LogP contribution in [-0.2, 0) is 14.3 Å². The number of aromatic nitrogens is 2. The lowest BCUT2D eigenvalue weighted by molar-refractivity contribution is -0.149. The van der Waals surface area contributed by atoms with E-state index in [1.807, 2.05) is 44.2 Å². The number of benzene rings is 1. The SMILES string of the molecule is Cc1cc(/C=C2/SC(=O)N(CC(=O)OC(C)C)C2=O)c(C)n1-c1ccc2ncccc2c1. The quantitative estimate of drug-likeness (QED) is 0.417. The van der Waals surface area contributed by atoms with E-state index in [0.717, 1.165) is 50.2 Å². The number of hydrogen-bond donors (Lipinski definition) is 0. The number of aryl methyl sites for hydroxylation is 1. The van der Waals surface area contributed by atoms with E-state index in [2.05, 4.69) is 15.6 Å². The van der Waals surface area contributed by atoms with Crippen molar-refractivity contribution in [2.75, 3.05) is 6.54 Å². The Kier molecular flexibility index (Phi) is 5.88. The number of pyridine rings is 1. The van der Waals surface area contributed by atoms with Gasteiger partial charge in [0.2, 0.25) is 0 Å². The first-order valence-corrected chi connectivity index (χ1v) is 11.0. The lowest BCUT2D eigenvalue weighted by atomic mass is 10.2. The van der Waals surface area contributed by atoms with Crippen molar-refractivity contribution in [1.29, 1.82) is 0 Å². The van der Waals surface area contributed by atoms with Gasteiger partial charge in [0.25, 0.3) is 11.1 Å². The fourth-order valence-corrected chi connectivity index (χ4v) is 4.57. The molecule has 7 nitrogen and oxygen atoms in total. The van der Waals surface area contributed by atoms with Crippen LogP contribution in [0.25, 0.3) is 22.7 Å². The Balaban J connectivity index is 1.63. The first-order valence-electron chi connectivity index (χ1n) is 10.2. The number of fused-ring (bicyclic) bond motifs is 1. The number of imide groups is 1. The van der Waals surface area contributed by atoms with E-state index < -0.39 is 17.1 Å². The molecule has 0 atom stereocenters. The minimum Gasteiger partial charge on any atom is -0.462 e. The van der Waals surface area contributed by atoms with E-state index in [1.54, 1.807) is 26.1 Å². The molecule has 2 amide bonds. The zero-order chi connectivity index (χ0) is 23.0. The fourth-order valence-electron chi connectivity index (χ4n) is 3.74. The van der Waals surface area contributed by atoms with Crippen LogP contribution in [0.15, 0.2) is 47.5 Å². The molecule has 1 aliphatic heterocycles. The van der Waals surface area contributed by atoms with Crippen molar-refractivity contribution >= 4 is 45.9 Å². The van der Waals surface area contributed by atoms with Crippen molar-refractivity contribution in [1.82, 2.24) is 14.5 Å². The van der Waals surface area contributed by atoms with Gasteiger partial charge in [-0.1, -0.05) is 6.07 Å². The van der Waals surface area contributed by atoms with E-state index in [4.69, 9.17) is 4.74 Å². The molecule has 164 valence electrons. The van der Waals surface area contributed by atoms with Crippen LogP contribution in [0.2, 0.25) is 0 Å². The second kappa shape index (κ2) is 8.63. The molecule has 3 heterocycles. The molecule has 32 heavy (non-hydrogen) atoms. The van der Waals surface area contributed by atoms with Crippen molar-refractivity contribution in [2.45, 2.75) is 33.8 Å². The summed E-state index contributed by atoms with van der Waals surface area (Å²) in [5.41, 5.74) is 4.69. The van der Waals surface area contributed by atoms with Gasteiger partial charge < -0.3 is 9.30 Å². The first-order chi connectivity index (χ1) is 15.2. The molecule has 0 bridgehead atoms. The molecule has 2 aromatic heterocycles. The molecular weight excluding hydrogens is 426 g/mol. The van der Waals surface area contributed by atoms with Gasteiger partial charge in [0.1, 0.15) is 6.54 Å². The van der Waals surface area contributed by atoms with Crippen LogP contribution in [0, 0.1) is 13.8 Å². The van der Waals surface area contributed by atoms with Crippen LogP contribution < -0.4 is 0 Å². The van der Waals surface area contributed by atoms with Gasteiger partial charge in [0.05, 0.1) is 16.5 Å². The largest absolute Gasteiger partial charge is 0.462 e. The van der Waals surface area contributed by atoms with Gasteiger partial charge in [-0.05, 0) is 81.4 Å². The number of thioether (sulfide) groups is 1. The molecule has 0 radical (unpaired) electrons. The molecule has 4 rings (SSSR count). The van der Waals surface area contributed by atoms with E-state index in [9.17, 15) is 14.4 Å². The summed E-state index contributed by atoms with van der Waals surface area (Å²) < 4.78 is 7.16. The van der Waals surface area contributed by atoms with Crippen molar-refractivity contribution in [3.8, 4) is 5.69 Å². The van der Waals surface area contributed by atoms with Gasteiger partial charge in [-0.2, -0.15) is 0 Å². The molecule has 0 saturated carbocycles. The summed E-state index contributed by atoms with van der Waals surface area (Å²) in [6, 6.07) is 11.9. The third kappa shape index (κ3) is 4.18. The second-order valence-corrected chi connectivity index (χ2v) is 8.84. The summed E-state index contributed by atoms with van der Waals surface area (Å²) in [5.74, 6) is -1.09. The number of carbonyl (C=O) groups is 3. The van der Waals surface area contributed by atoms with Gasteiger partial charge in [0, 0.05) is 28.7 Å². The van der Waals surface area contributed by atoms with Crippen LogP contribution in [-0.4, -0.2) is 44.2 Å². The van der Waals surface area contributed by atoms with Crippen molar-refractivity contribution in [3.05, 3.63) is 64.5 Å². The normalized spacial score (nSPS) is 15.4. The van der Waals surface area contributed by atoms with E-state index >= 15 is 0 Å². The predicted octanol–water partition coefficient (Wildman–Crippen LogP) is 4.63. The summed E-state index contributed by atoms with van der Waals surface area (Å²) in [6.07, 6.45) is 3.16. The summed E-state index contributed by atoms with van der Waals surface area (Å²) in [7, 11) is 0. The Labute approximate surface area is 190 Å². The summed E-state index contributed by atoms with van der Waals surface area (Å²) in [4.78, 5) is 42.6. The Bertz CT molecular complexity index is 1280. The van der Waals surface area contributed by atoms with Crippen molar-refractivity contribution in [2.24, 2.45) is 0 Å². The highest BCUT2D eigenvalue weighted by molar-refractivity contribution is 8.18. The highest BCUT2D eigenvalue weighted by Gasteiger charge is 2.37. The van der Waals surface area contributed by atoms with Crippen LogP contribution in [0.4, 0.5) is 4.79 Å². The average Bonchev–Trinajstić information content (AvgIpc) is 3.16. The number of hydrogen-bond acceptors (Lipinski definition) is 6. The number of carbonyl (C=O) groups excluding carboxylic acids is 3. The summed E-state index contributed by atoms with van der Waals surface area (Å²) in [6.45, 7) is 7.01. The molecular formula is C24H23N3O4S. The number of rotatable bonds is 5. The van der Waals surface area contributed by atoms with E-state index in [1.165, 1.54) is 0 Å². The molecule has 0 aliphatic carbocycles. The van der Waals surface area contributed by atoms with Gasteiger partial charge >= 0.3 is 5.97 Å². The topological polar surface area (TPSA) is 81.5 Å². The average molecular weight is 450 g/mol. The van der Waals surface area contributed by atoms with Crippen molar-refractivity contribution in [3.63, 3.8) is 0 Å². The maximum atomic E-state index is 12.8. The maximum Gasteiger partial charge on any atom is 0.326 e. The molecule has 1 fully saturated rings. The number of nitrogens with zero attached hydrogens (tertiary/aromatic N) is 3. The minimum atomic E-state index is -0.604. The Morgan fingerprint density at radius 2 is 1.97 bits per heavy atom. The van der Waals surface area contributed by atoms with Gasteiger partial charge in [-0.3, -0.25) is 24.3 Å². The molecule has 0 spiro atoms. The zero-order valence-corrected chi connectivity index (χ0v) is 19.1. The van der Waals surface area contributed by atoms with Crippen LogP contribution >= 0.6 is 11.8 Å². The molecule has 0 N–H and O–H groups in total. The third-order valence-corrected chi connectivity index (χ3v) is 6.04. The molecule has 1 aromatic carbocycles. The van der Waals surface area contributed by atoms with Crippen LogP contribution in [0.1, 0.15) is 30.8 Å². The molecule has 3 aromatic rings. The number of esters is 1. The smallest absolute Gasteiger partial charge is 0.326 e. The molecule has 8 heteroatoms. The number of ether oxygens (including phenoxy) is 1. The highest BCUT2D eigenvalue weighted by Crippen LogP contribution is 2.34. The maximum absolute atomic E-state index is 12.8. The Hall–Kier alpha value is -3.39. The molecule has 0 unspecified atom stereocenters. The standard InChI is InChI=1S/C24H23N3O4S/c1-14(2)31-22(28)13-26-23(29)21(32-24(26)30)12-18-10-15(3)27(16(18)4)19-7-8-20-17(11-19)6-5-9-25-20/h5-12,14H,13H2,1-4H3/b21-12+. The third-order valence-electron chi connectivity index (χ3n) is 5.13. The summed E-state index contributed by atoms with van der Waals surface area (Å²) in [5, 5.41) is 0.561. The number of amides is 2. The minimum absolute atomic E-state index is 0.287. The van der Waals surface area contributed by atoms with Crippen LogP contribution in [0.3, 0.4) is 0 Å². The van der Waals surface area contributed by atoms with Crippen molar-refractivity contribution < 1.29 is 19.1 Å².